The summed E-state index contributed by atoms with van der Waals surface area (Å²) in [6, 6.07) is 14.8. The van der Waals surface area contributed by atoms with Gasteiger partial charge in [-0.2, -0.15) is 0 Å². The van der Waals surface area contributed by atoms with Crippen LogP contribution in [0.4, 0.5) is 10.5 Å². The molecule has 0 aromatic heterocycles. The first-order valence-corrected chi connectivity index (χ1v) is 7.57. The van der Waals surface area contributed by atoms with Crippen LogP contribution in [-0.2, 0) is 11.3 Å². The van der Waals surface area contributed by atoms with Crippen molar-refractivity contribution < 1.29 is 14.4 Å². The van der Waals surface area contributed by atoms with Crippen molar-refractivity contribution in [3.8, 4) is 0 Å². The summed E-state index contributed by atoms with van der Waals surface area (Å²) < 4.78 is 0. The SMILES string of the molecule is C[C@H]1C(=O)N(Cc2ccc(C(N)=O)cc2)C(=O)N1c1ccccc1. The van der Waals surface area contributed by atoms with Crippen molar-refractivity contribution in [3.63, 3.8) is 0 Å². The molecule has 0 aliphatic carbocycles. The van der Waals surface area contributed by atoms with Gasteiger partial charge in [0, 0.05) is 11.3 Å². The molecule has 1 aliphatic heterocycles. The highest BCUT2D eigenvalue weighted by Gasteiger charge is 2.43. The number of carbonyl (C=O) groups is 3. The quantitative estimate of drug-likeness (QED) is 0.875. The second-order valence-electron chi connectivity index (χ2n) is 5.65. The lowest BCUT2D eigenvalue weighted by Gasteiger charge is -2.19. The number of carbonyl (C=O) groups excluding carboxylic acids is 3. The molecule has 1 fully saturated rings. The van der Waals surface area contributed by atoms with Crippen molar-refractivity contribution in [2.75, 3.05) is 4.90 Å². The Hall–Kier alpha value is -3.15. The molecule has 2 aromatic rings. The fourth-order valence-corrected chi connectivity index (χ4v) is 2.75. The summed E-state index contributed by atoms with van der Waals surface area (Å²) in [7, 11) is 0. The van der Waals surface area contributed by atoms with Crippen LogP contribution in [0.25, 0.3) is 0 Å². The topological polar surface area (TPSA) is 83.7 Å². The van der Waals surface area contributed by atoms with Gasteiger partial charge in [-0.25, -0.2) is 4.79 Å². The molecule has 122 valence electrons. The summed E-state index contributed by atoms with van der Waals surface area (Å²) >= 11 is 0. The molecule has 1 heterocycles. The smallest absolute Gasteiger partial charge is 0.332 e. The summed E-state index contributed by atoms with van der Waals surface area (Å²) in [5.74, 6) is -0.762. The zero-order chi connectivity index (χ0) is 17.3. The normalized spacial score (nSPS) is 17.5. The first-order valence-electron chi connectivity index (χ1n) is 7.57. The number of para-hydroxylation sites is 1. The average molecular weight is 323 g/mol. The predicted octanol–water partition coefficient (Wildman–Crippen LogP) is 2.14. The van der Waals surface area contributed by atoms with Crippen molar-refractivity contribution in [2.45, 2.75) is 19.5 Å². The Kier molecular flexibility index (Phi) is 4.04. The Morgan fingerprint density at radius 2 is 1.67 bits per heavy atom. The predicted molar refractivity (Wildman–Crippen MR) is 89.3 cm³/mol. The molecule has 6 nitrogen and oxygen atoms in total. The van der Waals surface area contributed by atoms with Crippen molar-refractivity contribution in [1.82, 2.24) is 4.90 Å². The lowest BCUT2D eigenvalue weighted by molar-refractivity contribution is -0.127. The highest BCUT2D eigenvalue weighted by atomic mass is 16.2. The third kappa shape index (κ3) is 2.74. The van der Waals surface area contributed by atoms with Crippen LogP contribution < -0.4 is 10.6 Å². The first kappa shape index (κ1) is 15.7. The summed E-state index contributed by atoms with van der Waals surface area (Å²) in [6.45, 7) is 1.87. The van der Waals surface area contributed by atoms with Crippen molar-refractivity contribution in [3.05, 3.63) is 65.7 Å². The molecule has 6 heteroatoms. The van der Waals surface area contributed by atoms with E-state index < -0.39 is 11.9 Å². The van der Waals surface area contributed by atoms with Crippen LogP contribution in [0.1, 0.15) is 22.8 Å². The Morgan fingerprint density at radius 3 is 2.25 bits per heavy atom. The molecule has 0 bridgehead atoms. The van der Waals surface area contributed by atoms with Gasteiger partial charge in [0.05, 0.1) is 6.54 Å². The van der Waals surface area contributed by atoms with E-state index >= 15 is 0 Å². The number of imide groups is 1. The highest BCUT2D eigenvalue weighted by Crippen LogP contribution is 2.26. The minimum atomic E-state index is -0.551. The molecule has 0 unspecified atom stereocenters. The van der Waals surface area contributed by atoms with Gasteiger partial charge in [0.1, 0.15) is 6.04 Å². The lowest BCUT2D eigenvalue weighted by Crippen LogP contribution is -2.33. The van der Waals surface area contributed by atoms with Gasteiger partial charge in [-0.3, -0.25) is 19.4 Å². The number of hydrogen-bond donors (Lipinski definition) is 1. The zero-order valence-electron chi connectivity index (χ0n) is 13.2. The van der Waals surface area contributed by atoms with E-state index in [0.29, 0.717) is 11.3 Å². The zero-order valence-corrected chi connectivity index (χ0v) is 13.2. The van der Waals surface area contributed by atoms with Gasteiger partial charge in [-0.1, -0.05) is 30.3 Å². The van der Waals surface area contributed by atoms with Crippen LogP contribution in [0, 0.1) is 0 Å². The van der Waals surface area contributed by atoms with Crippen LogP contribution in [0.3, 0.4) is 0 Å². The minimum Gasteiger partial charge on any atom is -0.366 e. The summed E-state index contributed by atoms with van der Waals surface area (Å²) in [4.78, 5) is 38.9. The molecule has 0 saturated carbocycles. The number of nitrogens with two attached hydrogens (primary N) is 1. The lowest BCUT2D eigenvalue weighted by atomic mass is 10.1. The van der Waals surface area contributed by atoms with Crippen LogP contribution in [0.2, 0.25) is 0 Å². The number of hydrogen-bond acceptors (Lipinski definition) is 3. The maximum Gasteiger partial charge on any atom is 0.332 e. The second kappa shape index (κ2) is 6.16. The first-order chi connectivity index (χ1) is 11.5. The fraction of sp³-hybridized carbons (Fsp3) is 0.167. The Morgan fingerprint density at radius 1 is 1.04 bits per heavy atom. The third-order valence-corrected chi connectivity index (χ3v) is 4.06. The number of rotatable bonds is 4. The minimum absolute atomic E-state index is 0.157. The van der Waals surface area contributed by atoms with E-state index in [1.54, 1.807) is 43.3 Å². The number of anilines is 1. The number of benzene rings is 2. The van der Waals surface area contributed by atoms with E-state index in [0.717, 1.165) is 5.56 Å². The van der Waals surface area contributed by atoms with Crippen LogP contribution in [0.5, 0.6) is 0 Å². The molecule has 4 amide bonds. The average Bonchev–Trinajstić information content (AvgIpc) is 2.80. The largest absolute Gasteiger partial charge is 0.366 e. The maximum atomic E-state index is 12.7. The summed E-state index contributed by atoms with van der Waals surface area (Å²) in [5, 5.41) is 0. The standard InChI is InChI=1S/C18H17N3O3/c1-12-17(23)20(11-13-7-9-14(10-8-13)16(19)22)18(24)21(12)15-5-3-2-4-6-15/h2-10,12H,11H2,1H3,(H2,19,22)/t12-/m0/s1. The maximum absolute atomic E-state index is 12.7. The molecule has 24 heavy (non-hydrogen) atoms. The molecular weight excluding hydrogens is 306 g/mol. The molecule has 0 spiro atoms. The third-order valence-electron chi connectivity index (χ3n) is 4.06. The molecule has 1 atom stereocenters. The molecule has 2 N–H and O–H groups in total. The number of primary amides is 1. The van der Waals surface area contributed by atoms with Crippen molar-refractivity contribution in [1.29, 1.82) is 0 Å². The van der Waals surface area contributed by atoms with E-state index in [1.807, 2.05) is 18.2 Å². The van der Waals surface area contributed by atoms with Gasteiger partial charge < -0.3 is 5.73 Å². The van der Waals surface area contributed by atoms with Crippen LogP contribution >= 0.6 is 0 Å². The molecule has 1 saturated heterocycles. The Bertz CT molecular complexity index is 787. The molecule has 3 rings (SSSR count). The molecule has 1 aliphatic rings. The van der Waals surface area contributed by atoms with E-state index in [-0.39, 0.29) is 18.5 Å². The summed E-state index contributed by atoms with van der Waals surface area (Å²) in [5.41, 5.74) is 7.04. The van der Waals surface area contributed by atoms with Crippen molar-refractivity contribution >= 4 is 23.5 Å². The molecule has 2 aromatic carbocycles. The van der Waals surface area contributed by atoms with Crippen LogP contribution in [-0.4, -0.2) is 28.8 Å². The monoisotopic (exact) mass is 323 g/mol. The van der Waals surface area contributed by atoms with E-state index in [2.05, 4.69) is 0 Å². The fourth-order valence-electron chi connectivity index (χ4n) is 2.75. The number of urea groups is 1. The molecule has 0 radical (unpaired) electrons. The van der Waals surface area contributed by atoms with E-state index in [4.69, 9.17) is 5.73 Å². The molecular formula is C18H17N3O3. The Labute approximate surface area is 139 Å². The Balaban J connectivity index is 1.82. The van der Waals surface area contributed by atoms with E-state index in [1.165, 1.54) is 9.80 Å². The second-order valence-corrected chi connectivity index (χ2v) is 5.65. The van der Waals surface area contributed by atoms with Gasteiger partial charge in [0.25, 0.3) is 5.91 Å². The number of amides is 4. The van der Waals surface area contributed by atoms with Gasteiger partial charge >= 0.3 is 6.03 Å². The van der Waals surface area contributed by atoms with Crippen LogP contribution in [0.15, 0.2) is 54.6 Å². The van der Waals surface area contributed by atoms with Gasteiger partial charge in [0.15, 0.2) is 0 Å². The van der Waals surface area contributed by atoms with Gasteiger partial charge in [0.2, 0.25) is 5.91 Å². The number of nitrogens with zero attached hydrogens (tertiary/aromatic N) is 2. The summed E-state index contributed by atoms with van der Waals surface area (Å²) in [6.07, 6.45) is 0. The van der Waals surface area contributed by atoms with Gasteiger partial charge in [-0.15, -0.1) is 0 Å². The van der Waals surface area contributed by atoms with Crippen molar-refractivity contribution in [2.24, 2.45) is 5.73 Å². The van der Waals surface area contributed by atoms with Gasteiger partial charge in [-0.05, 0) is 36.8 Å². The van der Waals surface area contributed by atoms with E-state index in [9.17, 15) is 14.4 Å². The highest BCUT2D eigenvalue weighted by molar-refractivity contribution is 6.13.